The van der Waals surface area contributed by atoms with E-state index in [0.29, 0.717) is 5.56 Å². The van der Waals surface area contributed by atoms with Gasteiger partial charge in [-0.1, -0.05) is 6.07 Å². The van der Waals surface area contributed by atoms with Gasteiger partial charge in [0.2, 0.25) is 0 Å². The molecular weight excluding hydrogens is 401 g/mol. The van der Waals surface area contributed by atoms with E-state index in [2.05, 4.69) is 9.98 Å². The van der Waals surface area contributed by atoms with Crippen LogP contribution in [0.15, 0.2) is 40.3 Å². The number of amidine groups is 1. The number of hydrogen-bond acceptors (Lipinski definition) is 8. The highest BCUT2D eigenvalue weighted by molar-refractivity contribution is 7.93. The van der Waals surface area contributed by atoms with Crippen molar-refractivity contribution in [1.82, 2.24) is 4.98 Å². The Labute approximate surface area is 166 Å². The van der Waals surface area contributed by atoms with Crippen LogP contribution < -0.4 is 5.73 Å². The summed E-state index contributed by atoms with van der Waals surface area (Å²) in [5.74, 6) is -1.38. The van der Waals surface area contributed by atoms with E-state index >= 15 is 0 Å². The molecule has 2 aromatic rings. The Morgan fingerprint density at radius 2 is 2.17 bits per heavy atom. The van der Waals surface area contributed by atoms with Gasteiger partial charge in [-0.2, -0.15) is 0 Å². The maximum atomic E-state index is 14.7. The predicted molar refractivity (Wildman–Crippen MR) is 102 cm³/mol. The molecule has 0 unspecified atom stereocenters. The molecule has 1 aromatic carbocycles. The first-order valence-electron chi connectivity index (χ1n) is 9.03. The molecule has 2 aliphatic heterocycles. The lowest BCUT2D eigenvalue weighted by Crippen LogP contribution is -2.58. The number of halogens is 1. The molecule has 0 bridgehead atoms. The first-order chi connectivity index (χ1) is 13.7. The summed E-state index contributed by atoms with van der Waals surface area (Å²) in [6.45, 7) is 1.76. The molecule has 1 spiro atoms. The van der Waals surface area contributed by atoms with E-state index in [9.17, 15) is 17.6 Å². The molecule has 1 aromatic heterocycles. The third kappa shape index (κ3) is 3.16. The van der Waals surface area contributed by atoms with Crippen molar-refractivity contribution in [2.24, 2.45) is 10.7 Å². The fraction of sp³-hybridized carbons (Fsp3) is 0.421. The van der Waals surface area contributed by atoms with E-state index in [1.807, 2.05) is 0 Å². The van der Waals surface area contributed by atoms with Crippen LogP contribution in [0.2, 0.25) is 0 Å². The van der Waals surface area contributed by atoms with Crippen LogP contribution in [0, 0.1) is 5.82 Å². The van der Waals surface area contributed by atoms with E-state index in [1.165, 1.54) is 31.4 Å². The lowest BCUT2D eigenvalue weighted by molar-refractivity contribution is 0.0988. The Morgan fingerprint density at radius 3 is 2.79 bits per heavy atom. The summed E-state index contributed by atoms with van der Waals surface area (Å²) >= 11 is 0. The number of ketones is 1. The summed E-state index contributed by atoms with van der Waals surface area (Å²) in [6, 6.07) is 4.13. The second-order valence-electron chi connectivity index (χ2n) is 7.61. The number of carbonyl (C=O) groups is 1. The summed E-state index contributed by atoms with van der Waals surface area (Å²) < 4.78 is 49.7. The van der Waals surface area contributed by atoms with Crippen LogP contribution in [0.3, 0.4) is 0 Å². The molecule has 1 fully saturated rings. The largest absolute Gasteiger partial charge is 0.451 e. The number of aliphatic imine (C=N–C) groups is 1. The van der Waals surface area contributed by atoms with Gasteiger partial charge in [0, 0.05) is 18.6 Å². The van der Waals surface area contributed by atoms with Crippen molar-refractivity contribution in [2.45, 2.75) is 30.1 Å². The molecule has 0 aliphatic carbocycles. The van der Waals surface area contributed by atoms with Gasteiger partial charge in [-0.15, -0.1) is 0 Å². The number of carbonyl (C=O) groups excluding carboxylic acids is 1. The first kappa shape index (κ1) is 19.7. The van der Waals surface area contributed by atoms with Gasteiger partial charge in [0.15, 0.2) is 26.8 Å². The van der Waals surface area contributed by atoms with Crippen molar-refractivity contribution in [1.29, 1.82) is 0 Å². The van der Waals surface area contributed by atoms with Crippen molar-refractivity contribution in [2.75, 3.05) is 19.0 Å². The second-order valence-corrected chi connectivity index (χ2v) is 9.91. The van der Waals surface area contributed by atoms with Crippen molar-refractivity contribution in [3.05, 3.63) is 53.5 Å². The molecule has 154 valence electrons. The minimum atomic E-state index is -3.75. The van der Waals surface area contributed by atoms with Crippen molar-refractivity contribution in [3.63, 3.8) is 0 Å². The molecule has 29 heavy (non-hydrogen) atoms. The molecule has 10 heteroatoms. The number of aromatic nitrogens is 1. The first-order valence-corrected chi connectivity index (χ1v) is 10.7. The number of rotatable bonds is 4. The molecule has 2 aliphatic rings. The minimum Gasteiger partial charge on any atom is -0.451 e. The third-order valence-electron chi connectivity index (χ3n) is 5.58. The number of sulfone groups is 1. The Morgan fingerprint density at radius 1 is 1.38 bits per heavy atom. The zero-order chi connectivity index (χ0) is 20.9. The third-order valence-corrected chi connectivity index (χ3v) is 8.24. The molecule has 0 radical (unpaired) electrons. The van der Waals surface area contributed by atoms with Crippen LogP contribution in [0.4, 0.5) is 4.39 Å². The lowest BCUT2D eigenvalue weighted by Gasteiger charge is -2.39. The van der Waals surface area contributed by atoms with Gasteiger partial charge >= 0.3 is 0 Å². The molecule has 1 saturated heterocycles. The van der Waals surface area contributed by atoms with Gasteiger partial charge in [-0.3, -0.25) is 9.79 Å². The summed E-state index contributed by atoms with van der Waals surface area (Å²) in [7, 11) is -3.75. The molecule has 0 amide bonds. The van der Waals surface area contributed by atoms with Crippen LogP contribution in [-0.2, 0) is 26.5 Å². The summed E-state index contributed by atoms with van der Waals surface area (Å²) in [5.41, 5.74) is 5.42. The highest BCUT2D eigenvalue weighted by Gasteiger charge is 2.57. The highest BCUT2D eigenvalue weighted by atomic mass is 32.2. The van der Waals surface area contributed by atoms with Crippen molar-refractivity contribution >= 4 is 21.5 Å². The number of nitrogens with zero attached hydrogens (tertiary/aromatic N) is 2. The normalized spacial score (nSPS) is 28.4. The van der Waals surface area contributed by atoms with E-state index < -0.39 is 31.7 Å². The number of benzene rings is 1. The Kier molecular flexibility index (Phi) is 4.58. The maximum absolute atomic E-state index is 14.7. The zero-order valence-electron chi connectivity index (χ0n) is 15.7. The number of Topliss-reactive ketones (excluding diaryl/α,β-unsaturated/α-hetero) is 1. The van der Waals surface area contributed by atoms with E-state index in [0.717, 1.165) is 6.39 Å². The standard InChI is InChI=1S/C19H20FN3O5S/c1-18(10-29(25,26)19(17(21)23-18)4-5-27-9-19)13-6-12(2-3-14(13)20)7-16(24)15-8-28-11-22-15/h2-3,6,8,11H,4-5,7,9-10H2,1H3,(H2,21,23)/t18-,19-/m0/s1. The average molecular weight is 421 g/mol. The van der Waals surface area contributed by atoms with E-state index in [4.69, 9.17) is 14.9 Å². The molecule has 2 atom stereocenters. The van der Waals surface area contributed by atoms with Crippen LogP contribution in [0.5, 0.6) is 0 Å². The topological polar surface area (TPSA) is 125 Å². The van der Waals surface area contributed by atoms with Gasteiger partial charge in [0.25, 0.3) is 0 Å². The monoisotopic (exact) mass is 421 g/mol. The second kappa shape index (κ2) is 6.74. The summed E-state index contributed by atoms with van der Waals surface area (Å²) in [4.78, 5) is 20.5. The zero-order valence-corrected chi connectivity index (χ0v) is 16.5. The molecule has 3 heterocycles. The molecule has 0 saturated carbocycles. The summed E-state index contributed by atoms with van der Waals surface area (Å²) in [6.07, 6.45) is 2.57. The highest BCUT2D eigenvalue weighted by Crippen LogP contribution is 2.41. The Balaban J connectivity index is 1.72. The fourth-order valence-corrected chi connectivity index (χ4v) is 6.18. The van der Waals surface area contributed by atoms with Crippen LogP contribution in [0.25, 0.3) is 0 Å². The SMILES string of the molecule is C[C@@]1(c2cc(CC(=O)c3cocn3)ccc2F)CS(=O)(=O)[C@]2(CCOC2)C(N)=N1. The van der Waals surface area contributed by atoms with Gasteiger partial charge in [0.1, 0.15) is 29.1 Å². The quantitative estimate of drug-likeness (QED) is 0.740. The predicted octanol–water partition coefficient (Wildman–Crippen LogP) is 1.40. The molecule has 8 nitrogen and oxygen atoms in total. The molecular formula is C19H20FN3O5S. The number of nitrogens with two attached hydrogens (primary N) is 1. The smallest absolute Gasteiger partial charge is 0.188 e. The van der Waals surface area contributed by atoms with Crippen LogP contribution in [-0.4, -0.2) is 48.7 Å². The van der Waals surface area contributed by atoms with Crippen LogP contribution >= 0.6 is 0 Å². The van der Waals surface area contributed by atoms with Crippen LogP contribution in [0.1, 0.15) is 35.0 Å². The molecule has 4 rings (SSSR count). The van der Waals surface area contributed by atoms with Gasteiger partial charge < -0.3 is 14.9 Å². The van der Waals surface area contributed by atoms with Gasteiger partial charge in [0.05, 0.1) is 12.4 Å². The van der Waals surface area contributed by atoms with Crippen molar-refractivity contribution in [3.8, 4) is 0 Å². The fourth-order valence-electron chi connectivity index (χ4n) is 3.92. The van der Waals surface area contributed by atoms with E-state index in [-0.39, 0.29) is 48.9 Å². The lowest BCUT2D eigenvalue weighted by atomic mass is 9.90. The molecule has 2 N–H and O–H groups in total. The van der Waals surface area contributed by atoms with Crippen molar-refractivity contribution < 1.29 is 26.8 Å². The van der Waals surface area contributed by atoms with Gasteiger partial charge in [-0.25, -0.2) is 17.8 Å². The summed E-state index contributed by atoms with van der Waals surface area (Å²) in [5, 5.41) is 0. The van der Waals surface area contributed by atoms with E-state index in [1.54, 1.807) is 0 Å². The Bertz CT molecular complexity index is 1090. The van der Waals surface area contributed by atoms with Gasteiger partial charge in [-0.05, 0) is 31.0 Å². The number of oxazole rings is 1. The number of ether oxygens (including phenoxy) is 1. The minimum absolute atomic E-state index is 0.0420. The number of hydrogen-bond donors (Lipinski definition) is 1. The Hall–Kier alpha value is -2.59. The average Bonchev–Trinajstić information content (AvgIpc) is 3.34. The maximum Gasteiger partial charge on any atom is 0.188 e.